The van der Waals surface area contributed by atoms with Crippen LogP contribution in [0.5, 0.6) is 0 Å². The minimum Gasteiger partial charge on any atom is -0.464 e. The van der Waals surface area contributed by atoms with Crippen LogP contribution >= 0.6 is 0 Å². The molecule has 34 heavy (non-hydrogen) atoms. The third kappa shape index (κ3) is 4.15. The first kappa shape index (κ1) is 25.4. The molecule has 4 aliphatic rings. The molecule has 5 nitrogen and oxygen atoms in total. The van der Waals surface area contributed by atoms with Crippen molar-refractivity contribution in [2.45, 2.75) is 105 Å². The number of fused-ring (bicyclic) bond motifs is 5. The van der Waals surface area contributed by atoms with Gasteiger partial charge in [0.05, 0.1) is 0 Å². The van der Waals surface area contributed by atoms with Gasteiger partial charge in [0, 0.05) is 24.2 Å². The van der Waals surface area contributed by atoms with Gasteiger partial charge < -0.3 is 9.47 Å². The van der Waals surface area contributed by atoms with Gasteiger partial charge in [-0.15, -0.1) is 0 Å². The lowest BCUT2D eigenvalue weighted by molar-refractivity contribution is -0.190. The van der Waals surface area contributed by atoms with E-state index in [0.29, 0.717) is 43.5 Å². The summed E-state index contributed by atoms with van der Waals surface area (Å²) in [6.45, 7) is 12.9. The third-order valence-corrected chi connectivity index (χ3v) is 10.7. The van der Waals surface area contributed by atoms with Crippen molar-refractivity contribution < 1.29 is 23.9 Å². The maximum atomic E-state index is 12.3. The lowest BCUT2D eigenvalue weighted by atomic mass is 9.45. The van der Waals surface area contributed by atoms with Crippen LogP contribution in [0.4, 0.5) is 0 Å². The quantitative estimate of drug-likeness (QED) is 0.391. The molecule has 3 fully saturated rings. The van der Waals surface area contributed by atoms with Crippen LogP contribution in [0.3, 0.4) is 0 Å². The lowest BCUT2D eigenvalue weighted by Gasteiger charge is -2.61. The average molecular weight is 473 g/mol. The molecular formula is C29H44O5. The van der Waals surface area contributed by atoms with Crippen LogP contribution in [0.2, 0.25) is 0 Å². The SMILES string of the molecule is CC(C)CCC[C@@H](C)[C@H]1CC[C@H]2[C@@H]3[C@H](OC=O)CC4=CC(=O)CC[C@]4(C)[C@H]3C[C@H](OC=O)[C@]12C. The number of ether oxygens (including phenoxy) is 2. The average Bonchev–Trinajstić information content (AvgIpc) is 3.13. The maximum Gasteiger partial charge on any atom is 0.293 e. The highest BCUT2D eigenvalue weighted by Gasteiger charge is 2.66. The van der Waals surface area contributed by atoms with E-state index in [9.17, 15) is 14.4 Å². The van der Waals surface area contributed by atoms with E-state index < -0.39 is 0 Å². The first-order valence-electron chi connectivity index (χ1n) is 13.6. The van der Waals surface area contributed by atoms with Crippen LogP contribution in [0.15, 0.2) is 11.6 Å². The first-order valence-corrected chi connectivity index (χ1v) is 13.6. The Balaban J connectivity index is 1.69. The molecule has 0 bridgehead atoms. The summed E-state index contributed by atoms with van der Waals surface area (Å²) in [7, 11) is 0. The molecule has 0 radical (unpaired) electrons. The van der Waals surface area contributed by atoms with Crippen molar-refractivity contribution in [3.8, 4) is 0 Å². The van der Waals surface area contributed by atoms with Crippen molar-refractivity contribution in [1.82, 2.24) is 0 Å². The molecule has 0 saturated heterocycles. The van der Waals surface area contributed by atoms with E-state index in [-0.39, 0.29) is 40.7 Å². The van der Waals surface area contributed by atoms with Gasteiger partial charge in [0.15, 0.2) is 5.78 Å². The zero-order chi connectivity index (χ0) is 24.7. The summed E-state index contributed by atoms with van der Waals surface area (Å²) in [6, 6.07) is 0. The predicted octanol–water partition coefficient (Wildman–Crippen LogP) is 5.90. The van der Waals surface area contributed by atoms with Gasteiger partial charge in [0.2, 0.25) is 0 Å². The molecule has 0 aliphatic heterocycles. The molecule has 0 N–H and O–H groups in total. The Labute approximate surface area is 205 Å². The summed E-state index contributed by atoms with van der Waals surface area (Å²) in [5, 5.41) is 0. The van der Waals surface area contributed by atoms with Gasteiger partial charge in [-0.05, 0) is 66.8 Å². The van der Waals surface area contributed by atoms with Crippen molar-refractivity contribution in [3.63, 3.8) is 0 Å². The van der Waals surface area contributed by atoms with Crippen LogP contribution < -0.4 is 0 Å². The van der Waals surface area contributed by atoms with E-state index in [1.54, 1.807) is 0 Å². The van der Waals surface area contributed by atoms with Crippen LogP contribution in [0.25, 0.3) is 0 Å². The Morgan fingerprint density at radius 1 is 1.06 bits per heavy atom. The van der Waals surface area contributed by atoms with E-state index >= 15 is 0 Å². The second kappa shape index (κ2) is 9.78. The molecule has 4 rings (SSSR count). The molecule has 190 valence electrons. The van der Waals surface area contributed by atoms with E-state index in [2.05, 4.69) is 34.6 Å². The lowest BCUT2D eigenvalue weighted by Crippen LogP contribution is -2.61. The van der Waals surface area contributed by atoms with Crippen LogP contribution in [-0.2, 0) is 23.9 Å². The molecule has 0 amide bonds. The molecule has 0 spiro atoms. The fourth-order valence-electron chi connectivity index (χ4n) is 8.94. The summed E-state index contributed by atoms with van der Waals surface area (Å²) in [6.07, 6.45) is 10.2. The fraction of sp³-hybridized carbons (Fsp3) is 0.828. The second-order valence-electron chi connectivity index (χ2n) is 12.6. The highest BCUT2D eigenvalue weighted by Crippen LogP contribution is 2.68. The van der Waals surface area contributed by atoms with Gasteiger partial charge >= 0.3 is 0 Å². The molecule has 4 aliphatic carbocycles. The molecule has 0 aromatic carbocycles. The van der Waals surface area contributed by atoms with Gasteiger partial charge in [-0.25, -0.2) is 0 Å². The van der Waals surface area contributed by atoms with Gasteiger partial charge in [-0.3, -0.25) is 14.4 Å². The molecule has 0 heterocycles. The van der Waals surface area contributed by atoms with E-state index in [0.717, 1.165) is 37.2 Å². The van der Waals surface area contributed by atoms with Gasteiger partial charge in [0.25, 0.3) is 12.9 Å². The number of carbonyl (C=O) groups excluding carboxylic acids is 3. The first-order chi connectivity index (χ1) is 16.2. The number of rotatable bonds is 9. The van der Waals surface area contributed by atoms with Crippen molar-refractivity contribution >= 4 is 18.7 Å². The number of ketones is 1. The van der Waals surface area contributed by atoms with Crippen LogP contribution in [-0.4, -0.2) is 30.9 Å². The highest BCUT2D eigenvalue weighted by atomic mass is 16.5. The number of hydrogen-bond acceptors (Lipinski definition) is 5. The predicted molar refractivity (Wildman–Crippen MR) is 131 cm³/mol. The fourth-order valence-corrected chi connectivity index (χ4v) is 8.94. The Morgan fingerprint density at radius 2 is 1.79 bits per heavy atom. The summed E-state index contributed by atoms with van der Waals surface area (Å²) in [5.74, 6) is 2.77. The van der Waals surface area contributed by atoms with Crippen LogP contribution in [0.1, 0.15) is 92.4 Å². The molecule has 0 aromatic rings. The van der Waals surface area contributed by atoms with Crippen LogP contribution in [0, 0.1) is 46.3 Å². The standard InChI is InChI=1S/C29H44O5/c1-18(2)7-6-8-19(3)22-9-10-23-27-24(15-26(34-17-31)29(22,23)5)28(4)12-11-21(32)13-20(28)14-25(27)33-16-30/h13,16-19,22-27H,6-12,14-15H2,1-5H3/t19-,22-,23+,24+,25-,26+,27+,28+,29-/m1/s1. The van der Waals surface area contributed by atoms with E-state index in [1.807, 2.05) is 6.08 Å². The Kier molecular flexibility index (Phi) is 7.32. The zero-order valence-electron chi connectivity index (χ0n) is 21.8. The monoisotopic (exact) mass is 472 g/mol. The summed E-state index contributed by atoms with van der Waals surface area (Å²) in [4.78, 5) is 35.5. The minimum atomic E-state index is -0.204. The smallest absolute Gasteiger partial charge is 0.293 e. The third-order valence-electron chi connectivity index (χ3n) is 10.7. The maximum absolute atomic E-state index is 12.3. The van der Waals surface area contributed by atoms with E-state index in [1.165, 1.54) is 19.3 Å². The van der Waals surface area contributed by atoms with Gasteiger partial charge in [-0.1, -0.05) is 59.5 Å². The number of hydrogen-bond donors (Lipinski definition) is 0. The molecular weight excluding hydrogens is 428 g/mol. The largest absolute Gasteiger partial charge is 0.464 e. The Bertz CT molecular complexity index is 817. The van der Waals surface area contributed by atoms with Crippen molar-refractivity contribution in [3.05, 3.63) is 11.6 Å². The normalized spacial score (nSPS) is 42.2. The van der Waals surface area contributed by atoms with E-state index in [4.69, 9.17) is 9.47 Å². The molecule has 3 saturated carbocycles. The van der Waals surface area contributed by atoms with Gasteiger partial charge in [0.1, 0.15) is 12.2 Å². The Morgan fingerprint density at radius 3 is 2.47 bits per heavy atom. The summed E-state index contributed by atoms with van der Waals surface area (Å²) < 4.78 is 11.7. The molecule has 5 heteroatoms. The molecule has 0 unspecified atom stereocenters. The van der Waals surface area contributed by atoms with Crippen molar-refractivity contribution in [2.75, 3.05) is 0 Å². The summed E-state index contributed by atoms with van der Waals surface area (Å²) in [5.41, 5.74) is 0.905. The Hall–Kier alpha value is -1.65. The topological polar surface area (TPSA) is 69.7 Å². The van der Waals surface area contributed by atoms with Gasteiger partial charge in [-0.2, -0.15) is 0 Å². The number of carbonyl (C=O) groups is 3. The zero-order valence-corrected chi connectivity index (χ0v) is 21.8. The summed E-state index contributed by atoms with van der Waals surface area (Å²) >= 11 is 0. The molecule has 0 aromatic heterocycles. The van der Waals surface area contributed by atoms with Crippen molar-refractivity contribution in [2.24, 2.45) is 46.3 Å². The highest BCUT2D eigenvalue weighted by molar-refractivity contribution is 5.91. The van der Waals surface area contributed by atoms with Crippen molar-refractivity contribution in [1.29, 1.82) is 0 Å². The minimum absolute atomic E-state index is 0.103. The second-order valence-corrected chi connectivity index (χ2v) is 12.6. The molecule has 9 atom stereocenters.